The molecule has 0 saturated heterocycles. The van der Waals surface area contributed by atoms with Gasteiger partial charge in [0.2, 0.25) is 5.90 Å². The van der Waals surface area contributed by atoms with Crippen molar-refractivity contribution in [3.8, 4) is 0 Å². The van der Waals surface area contributed by atoms with Crippen molar-refractivity contribution in [3.63, 3.8) is 0 Å². The van der Waals surface area contributed by atoms with E-state index in [9.17, 15) is 8.78 Å². The van der Waals surface area contributed by atoms with E-state index in [0.29, 0.717) is 11.5 Å². The number of aliphatic imine (C=N–C) groups is 1. The molecule has 0 amide bonds. The van der Waals surface area contributed by atoms with E-state index in [-0.39, 0.29) is 0 Å². The number of nitrogens with zero attached hydrogens (tertiary/aromatic N) is 1. The van der Waals surface area contributed by atoms with E-state index >= 15 is 0 Å². The fourth-order valence-corrected chi connectivity index (χ4v) is 13.7. The van der Waals surface area contributed by atoms with E-state index in [1.165, 1.54) is 152 Å². The Bertz CT molecular complexity index is 4170. The first-order valence-corrected chi connectivity index (χ1v) is 17.8. The summed E-state index contributed by atoms with van der Waals surface area (Å²) >= 11 is 0. The maximum Gasteiger partial charge on any atom is 0.219 e. The van der Waals surface area contributed by atoms with Gasteiger partial charge in [0.1, 0.15) is 11.6 Å². The maximum atomic E-state index is 15.0. The first kappa shape index (κ1) is 22.4. The quantitative estimate of drug-likeness (QED) is 0.163. The predicted molar refractivity (Wildman–Crippen MR) is 201 cm³/mol. The van der Waals surface area contributed by atoms with Crippen LogP contribution in [-0.2, 0) is 15.9 Å². The summed E-state index contributed by atoms with van der Waals surface area (Å²) in [6.07, 6.45) is 4.56. The highest BCUT2D eigenvalue weighted by atomic mass is 19.1. The number of rotatable bonds is 1. The van der Waals surface area contributed by atoms with Gasteiger partial charge in [-0.2, -0.15) is 0 Å². The van der Waals surface area contributed by atoms with Crippen LogP contribution in [0.3, 0.4) is 0 Å². The largest absolute Gasteiger partial charge is 0.457 e. The second-order valence-corrected chi connectivity index (χ2v) is 16.1. The van der Waals surface area contributed by atoms with E-state index in [4.69, 9.17) is 9.73 Å². The van der Waals surface area contributed by atoms with Crippen molar-refractivity contribution in [1.82, 2.24) is 0 Å². The van der Waals surface area contributed by atoms with Crippen molar-refractivity contribution in [2.45, 2.75) is 11.1 Å². The lowest BCUT2D eigenvalue weighted by Crippen LogP contribution is -2.49. The minimum absolute atomic E-state index is 0.300. The van der Waals surface area contributed by atoms with E-state index in [1.807, 2.05) is 0 Å². The van der Waals surface area contributed by atoms with Crippen molar-refractivity contribution in [1.29, 1.82) is 0 Å². The first-order valence-electron chi connectivity index (χ1n) is 17.8. The third-order valence-electron chi connectivity index (χ3n) is 14.8. The van der Waals surface area contributed by atoms with Gasteiger partial charge in [-0.3, -0.25) is 0 Å². The summed E-state index contributed by atoms with van der Waals surface area (Å²) in [5, 5.41) is 32.1. The number of fused-ring (bicyclic) bond motifs is 3. The lowest BCUT2D eigenvalue weighted by Gasteiger charge is -2.47. The molecule has 4 aliphatic carbocycles. The fraction of sp³-hybridized carbons (Fsp3) is 0.0426. The standard InChI is InChI=1S/C47H13F2NO/c48-15-11-14(12-16(49)13-15)45-50-46-25-9-10-26-24-8-6-22-20-4-2-18-17-1-3-19-21-5-7-23(25)33-31(21)36-29(19)27(17)35-28(18)30(20)37-32(22)34(24)44(47(26,46)51-45)42-40(37)38(35)39(36)41(42)43(33)46/h1-13H. The Labute approximate surface area is 282 Å². The molecule has 2 spiro atoms. The molecular weight excluding hydrogens is 633 g/mol. The fourth-order valence-electron chi connectivity index (χ4n) is 13.7. The molecule has 0 aromatic heterocycles. The van der Waals surface area contributed by atoms with Crippen LogP contribution >= 0.6 is 0 Å². The molecular formula is C47H13F2NO. The SMILES string of the molecule is Fc1cc(F)cc(C2=NC34C5=c6ccc7c8ccc9c%10ccc%11c%12ccc%13c%14c(c%15c%16c3c6c7c3c8c9c6c%10c%11c(c%14%12)c%15c6c%163)C4(O2)C=%13C=C5)c1. The third kappa shape index (κ3) is 1.59. The summed E-state index contributed by atoms with van der Waals surface area (Å²) in [6, 6.07) is 22.5. The van der Waals surface area contributed by atoms with E-state index in [0.717, 1.165) is 17.2 Å². The third-order valence-corrected chi connectivity index (χ3v) is 14.8. The van der Waals surface area contributed by atoms with Crippen LogP contribution in [-0.4, -0.2) is 5.90 Å². The van der Waals surface area contributed by atoms with Gasteiger partial charge in [-0.15, -0.1) is 0 Å². The van der Waals surface area contributed by atoms with Crippen LogP contribution in [0.15, 0.2) is 83.9 Å². The van der Waals surface area contributed by atoms with E-state index < -0.39 is 22.8 Å². The molecule has 2 unspecified atom stereocenters. The summed E-state index contributed by atoms with van der Waals surface area (Å²) in [5.74, 6) is -0.975. The number of hydrogen-bond donors (Lipinski definition) is 0. The topological polar surface area (TPSA) is 21.6 Å². The van der Waals surface area contributed by atoms with Gasteiger partial charge in [-0.1, -0.05) is 60.7 Å². The Morgan fingerprint density at radius 2 is 0.863 bits per heavy atom. The second kappa shape index (κ2) is 5.82. The van der Waals surface area contributed by atoms with Crippen LogP contribution in [0.4, 0.5) is 8.78 Å². The Morgan fingerprint density at radius 3 is 1.45 bits per heavy atom. The minimum atomic E-state index is -1.02. The maximum absolute atomic E-state index is 15.0. The molecule has 1 aliphatic heterocycles. The molecule has 0 saturated carbocycles. The van der Waals surface area contributed by atoms with Gasteiger partial charge >= 0.3 is 0 Å². The smallest absolute Gasteiger partial charge is 0.219 e. The highest BCUT2D eigenvalue weighted by Crippen LogP contribution is 2.75. The van der Waals surface area contributed by atoms with E-state index in [1.54, 1.807) is 0 Å². The highest BCUT2D eigenvalue weighted by Gasteiger charge is 2.72. The summed E-state index contributed by atoms with van der Waals surface area (Å²) in [6.45, 7) is 0. The van der Waals surface area contributed by atoms with Gasteiger partial charge in [0.15, 0.2) is 11.1 Å². The molecule has 13 aromatic carbocycles. The Balaban J connectivity index is 1.29. The molecule has 13 aromatic rings. The predicted octanol–water partition coefficient (Wildman–Crippen LogP) is 9.93. The van der Waals surface area contributed by atoms with Crippen LogP contribution in [0.1, 0.15) is 16.7 Å². The Kier molecular flexibility index (Phi) is 2.55. The van der Waals surface area contributed by atoms with Crippen molar-refractivity contribution < 1.29 is 13.5 Å². The minimum Gasteiger partial charge on any atom is -0.457 e. The number of halogens is 2. The van der Waals surface area contributed by atoms with Crippen molar-refractivity contribution in [2.24, 2.45) is 4.99 Å². The summed E-state index contributed by atoms with van der Waals surface area (Å²) in [5.41, 5.74) is 3.00. The van der Waals surface area contributed by atoms with Crippen LogP contribution in [0.5, 0.6) is 0 Å². The van der Waals surface area contributed by atoms with Gasteiger partial charge in [-0.05, 0) is 147 Å². The van der Waals surface area contributed by atoms with Gasteiger partial charge in [0.25, 0.3) is 0 Å². The molecule has 51 heavy (non-hydrogen) atoms. The molecule has 18 rings (SSSR count). The monoisotopic (exact) mass is 645 g/mol. The van der Waals surface area contributed by atoms with Crippen LogP contribution in [0.2, 0.25) is 0 Å². The Hall–Kier alpha value is -6.39. The normalized spacial score (nSPS) is 23.0. The average molecular weight is 646 g/mol. The van der Waals surface area contributed by atoms with Crippen LogP contribution in [0, 0.1) is 11.6 Å². The van der Waals surface area contributed by atoms with Gasteiger partial charge < -0.3 is 4.74 Å². The van der Waals surface area contributed by atoms with Crippen molar-refractivity contribution >= 4 is 136 Å². The molecule has 5 aliphatic rings. The lowest BCUT2D eigenvalue weighted by atomic mass is 9.60. The number of ether oxygens (including phenoxy) is 1. The van der Waals surface area contributed by atoms with Gasteiger partial charge in [0, 0.05) is 28.3 Å². The zero-order valence-corrected chi connectivity index (χ0v) is 26.1. The van der Waals surface area contributed by atoms with Gasteiger partial charge in [-0.25, -0.2) is 13.8 Å². The van der Waals surface area contributed by atoms with Gasteiger partial charge in [0.05, 0.1) is 0 Å². The molecule has 2 atom stereocenters. The van der Waals surface area contributed by atoms with Crippen LogP contribution < -0.4 is 10.4 Å². The zero-order chi connectivity index (χ0) is 32.1. The summed E-state index contributed by atoms with van der Waals surface area (Å²) in [7, 11) is 0. The summed E-state index contributed by atoms with van der Waals surface area (Å²) < 4.78 is 37.5. The average Bonchev–Trinajstić information content (AvgIpc) is 3.97. The Morgan fingerprint density at radius 1 is 0.431 bits per heavy atom. The zero-order valence-electron chi connectivity index (χ0n) is 26.1. The molecule has 0 fully saturated rings. The van der Waals surface area contributed by atoms with Crippen molar-refractivity contribution in [3.05, 3.63) is 118 Å². The molecule has 0 bridgehead atoms. The molecule has 2 nitrogen and oxygen atoms in total. The highest BCUT2D eigenvalue weighted by molar-refractivity contribution is 6.64. The molecule has 0 N–H and O–H groups in total. The lowest BCUT2D eigenvalue weighted by molar-refractivity contribution is 0.0944. The molecule has 0 radical (unpaired) electrons. The second-order valence-electron chi connectivity index (χ2n) is 16.1. The molecule has 226 valence electrons. The van der Waals surface area contributed by atoms with Crippen molar-refractivity contribution in [2.75, 3.05) is 0 Å². The first-order chi connectivity index (χ1) is 25.1. The molecule has 1 heterocycles. The molecule has 4 heteroatoms. The number of benzene rings is 9. The number of hydrogen-bond acceptors (Lipinski definition) is 2. The van der Waals surface area contributed by atoms with Crippen LogP contribution in [0.25, 0.3) is 130 Å². The summed E-state index contributed by atoms with van der Waals surface area (Å²) in [4.78, 5) is 5.73. The van der Waals surface area contributed by atoms with E-state index in [2.05, 4.69) is 60.7 Å².